The van der Waals surface area contributed by atoms with Crippen molar-refractivity contribution in [2.75, 3.05) is 7.11 Å². The molecule has 0 radical (unpaired) electrons. The van der Waals surface area contributed by atoms with Crippen LogP contribution in [0.2, 0.25) is 0 Å². The van der Waals surface area contributed by atoms with E-state index in [1.165, 1.54) is 33.1 Å². The van der Waals surface area contributed by atoms with Crippen LogP contribution in [-0.2, 0) is 31.9 Å². The largest absolute Gasteiger partial charge is 0.504 e. The Morgan fingerprint density at radius 1 is 0.919 bits per heavy atom. The zero-order valence-corrected chi connectivity index (χ0v) is 22.5. The van der Waals surface area contributed by atoms with E-state index in [1.54, 1.807) is 7.11 Å². The minimum absolute atomic E-state index is 0.144. The second kappa shape index (κ2) is 14.7. The molecule has 0 spiro atoms. The number of rotatable bonds is 11. The molecule has 202 valence electrons. The monoisotopic (exact) mass is 510 g/mol. The molecule has 2 aromatic carbocycles. The van der Waals surface area contributed by atoms with E-state index in [0.29, 0.717) is 31.4 Å². The molecule has 6 nitrogen and oxygen atoms in total. The number of aromatic hydroxyl groups is 1. The molecule has 0 amide bonds. The highest BCUT2D eigenvalue weighted by Gasteiger charge is 2.29. The zero-order chi connectivity index (χ0) is 26.6. The summed E-state index contributed by atoms with van der Waals surface area (Å²) in [5, 5.41) is 10.7. The van der Waals surface area contributed by atoms with Gasteiger partial charge in [0, 0.05) is 32.3 Å². The van der Waals surface area contributed by atoms with Gasteiger partial charge < -0.3 is 19.3 Å². The maximum absolute atomic E-state index is 12.0. The van der Waals surface area contributed by atoms with Crippen molar-refractivity contribution in [2.45, 2.75) is 96.7 Å². The van der Waals surface area contributed by atoms with Gasteiger partial charge in [-0.2, -0.15) is 0 Å². The van der Waals surface area contributed by atoms with Crippen molar-refractivity contribution in [3.63, 3.8) is 0 Å². The van der Waals surface area contributed by atoms with Crippen LogP contribution >= 0.6 is 0 Å². The Hall–Kier alpha value is -3.02. The molecule has 1 N–H and O–H groups in total. The smallest absolute Gasteiger partial charge is 0.302 e. The SMILES string of the molecule is COc1cc(CCC(CC(OC(C)=O)C2CCCCCCC2)OC(C)=O)cc(Cc2ccccc2)c1O. The number of hydrogen-bond acceptors (Lipinski definition) is 6. The molecule has 6 heteroatoms. The van der Waals surface area contributed by atoms with Gasteiger partial charge in [0.15, 0.2) is 11.5 Å². The normalized spacial score (nSPS) is 16.2. The molecule has 1 fully saturated rings. The van der Waals surface area contributed by atoms with Gasteiger partial charge in [-0.3, -0.25) is 9.59 Å². The van der Waals surface area contributed by atoms with Crippen molar-refractivity contribution >= 4 is 11.9 Å². The maximum atomic E-state index is 12.0. The van der Waals surface area contributed by atoms with E-state index in [0.717, 1.165) is 42.4 Å². The highest BCUT2D eigenvalue weighted by molar-refractivity contribution is 5.66. The molecule has 1 aliphatic carbocycles. The van der Waals surface area contributed by atoms with Gasteiger partial charge in [-0.15, -0.1) is 0 Å². The Morgan fingerprint density at radius 2 is 1.57 bits per heavy atom. The van der Waals surface area contributed by atoms with E-state index in [1.807, 2.05) is 42.5 Å². The fraction of sp³-hybridized carbons (Fsp3) is 0.548. The second-order valence-corrected chi connectivity index (χ2v) is 10.2. The Kier molecular flexibility index (Phi) is 11.3. The van der Waals surface area contributed by atoms with Crippen LogP contribution in [0.15, 0.2) is 42.5 Å². The lowest BCUT2D eigenvalue weighted by atomic mass is 9.84. The number of phenolic OH excluding ortho intramolecular Hbond substituents is 1. The van der Waals surface area contributed by atoms with E-state index in [-0.39, 0.29) is 35.8 Å². The molecule has 2 aromatic rings. The first kappa shape index (κ1) is 28.5. The summed E-state index contributed by atoms with van der Waals surface area (Å²) in [5.74, 6) is 0.235. The number of hydrogen-bond donors (Lipinski definition) is 1. The molecule has 1 saturated carbocycles. The average molecular weight is 511 g/mol. The molecule has 0 heterocycles. The number of carbonyl (C=O) groups is 2. The van der Waals surface area contributed by atoms with Gasteiger partial charge >= 0.3 is 11.9 Å². The van der Waals surface area contributed by atoms with Crippen LogP contribution in [0.5, 0.6) is 11.5 Å². The van der Waals surface area contributed by atoms with E-state index >= 15 is 0 Å². The lowest BCUT2D eigenvalue weighted by molar-refractivity contribution is -0.156. The van der Waals surface area contributed by atoms with Crippen LogP contribution < -0.4 is 4.74 Å². The Morgan fingerprint density at radius 3 is 2.19 bits per heavy atom. The molecule has 3 rings (SSSR count). The average Bonchev–Trinajstić information content (AvgIpc) is 2.83. The topological polar surface area (TPSA) is 82.1 Å². The Balaban J connectivity index is 1.76. The van der Waals surface area contributed by atoms with Gasteiger partial charge in [-0.1, -0.05) is 68.5 Å². The number of benzene rings is 2. The standard InChI is InChI=1S/C31H42O6/c1-22(32)36-28(21-29(37-23(2)33)26-14-10-5-4-6-11-15-26)17-16-25-19-27(31(34)30(20-25)35-3)18-24-12-8-7-9-13-24/h7-9,12-13,19-20,26,28-29,34H,4-6,10-11,14-18,21H2,1-3H3. The van der Waals surface area contributed by atoms with Crippen molar-refractivity contribution in [3.8, 4) is 11.5 Å². The Labute approximate surface area is 221 Å². The first-order valence-electron chi connectivity index (χ1n) is 13.6. The first-order chi connectivity index (χ1) is 17.9. The number of esters is 2. The summed E-state index contributed by atoms with van der Waals surface area (Å²) in [6.07, 6.45) is 9.70. The van der Waals surface area contributed by atoms with Gasteiger partial charge in [-0.25, -0.2) is 0 Å². The van der Waals surface area contributed by atoms with Crippen molar-refractivity contribution in [3.05, 3.63) is 59.2 Å². The quantitative estimate of drug-likeness (QED) is 0.346. The third kappa shape index (κ3) is 9.42. The number of methoxy groups -OCH3 is 1. The Bertz CT molecular complexity index is 994. The maximum Gasteiger partial charge on any atom is 0.302 e. The van der Waals surface area contributed by atoms with E-state index < -0.39 is 0 Å². The van der Waals surface area contributed by atoms with Gasteiger partial charge in [0.05, 0.1) is 7.11 Å². The van der Waals surface area contributed by atoms with Crippen LogP contribution in [-0.4, -0.2) is 36.4 Å². The third-order valence-electron chi connectivity index (χ3n) is 7.25. The summed E-state index contributed by atoms with van der Waals surface area (Å²) in [6.45, 7) is 2.87. The highest BCUT2D eigenvalue weighted by Crippen LogP contribution is 2.34. The first-order valence-corrected chi connectivity index (χ1v) is 13.6. The summed E-state index contributed by atoms with van der Waals surface area (Å²) in [7, 11) is 1.55. The second-order valence-electron chi connectivity index (χ2n) is 10.2. The van der Waals surface area contributed by atoms with Gasteiger partial charge in [0.2, 0.25) is 0 Å². The van der Waals surface area contributed by atoms with E-state index in [2.05, 4.69) is 0 Å². The van der Waals surface area contributed by atoms with E-state index in [4.69, 9.17) is 14.2 Å². The number of aryl methyl sites for hydroxylation is 1. The van der Waals surface area contributed by atoms with Crippen molar-refractivity contribution in [2.24, 2.45) is 5.92 Å². The summed E-state index contributed by atoms with van der Waals surface area (Å²) < 4.78 is 17.0. The van der Waals surface area contributed by atoms with Crippen LogP contribution in [0.4, 0.5) is 0 Å². The zero-order valence-electron chi connectivity index (χ0n) is 22.5. The molecule has 0 bridgehead atoms. The summed E-state index contributed by atoms with van der Waals surface area (Å²) >= 11 is 0. The molecule has 0 aliphatic heterocycles. The fourth-order valence-corrected chi connectivity index (χ4v) is 5.44. The van der Waals surface area contributed by atoms with Crippen molar-refractivity contribution in [1.29, 1.82) is 0 Å². The van der Waals surface area contributed by atoms with Crippen LogP contribution in [0, 0.1) is 5.92 Å². The fourth-order valence-electron chi connectivity index (χ4n) is 5.44. The van der Waals surface area contributed by atoms with Crippen LogP contribution in [0.3, 0.4) is 0 Å². The lowest BCUT2D eigenvalue weighted by Gasteiger charge is -2.31. The molecular weight excluding hydrogens is 468 g/mol. The van der Waals surface area contributed by atoms with Crippen LogP contribution in [0.1, 0.15) is 88.3 Å². The summed E-state index contributed by atoms with van der Waals surface area (Å²) in [4.78, 5) is 23.9. The number of phenols is 1. The van der Waals surface area contributed by atoms with Gasteiger partial charge in [0.1, 0.15) is 12.2 Å². The van der Waals surface area contributed by atoms with E-state index in [9.17, 15) is 14.7 Å². The minimum atomic E-state index is -0.371. The molecule has 0 aromatic heterocycles. The summed E-state index contributed by atoms with van der Waals surface area (Å²) in [5.41, 5.74) is 2.88. The molecule has 37 heavy (non-hydrogen) atoms. The third-order valence-corrected chi connectivity index (χ3v) is 7.25. The molecule has 1 aliphatic rings. The van der Waals surface area contributed by atoms with Gasteiger partial charge in [0.25, 0.3) is 0 Å². The minimum Gasteiger partial charge on any atom is -0.504 e. The summed E-state index contributed by atoms with van der Waals surface area (Å²) in [6, 6.07) is 13.8. The predicted octanol–water partition coefficient (Wildman–Crippen LogP) is 6.54. The predicted molar refractivity (Wildman–Crippen MR) is 144 cm³/mol. The molecule has 2 atom stereocenters. The van der Waals surface area contributed by atoms with Crippen molar-refractivity contribution < 1.29 is 28.9 Å². The van der Waals surface area contributed by atoms with Crippen LogP contribution in [0.25, 0.3) is 0 Å². The van der Waals surface area contributed by atoms with Gasteiger partial charge in [-0.05, 0) is 48.8 Å². The number of carbonyl (C=O) groups excluding carboxylic acids is 2. The highest BCUT2D eigenvalue weighted by atomic mass is 16.6. The molecular formula is C31H42O6. The number of ether oxygens (including phenoxy) is 3. The molecule has 2 unspecified atom stereocenters. The van der Waals surface area contributed by atoms with Crippen molar-refractivity contribution in [1.82, 2.24) is 0 Å². The lowest BCUT2D eigenvalue weighted by Crippen LogP contribution is -2.33. The molecule has 0 saturated heterocycles.